The first kappa shape index (κ1) is 18.2. The van der Waals surface area contributed by atoms with Gasteiger partial charge in [-0.15, -0.1) is 11.3 Å². The van der Waals surface area contributed by atoms with Crippen molar-refractivity contribution in [2.45, 2.75) is 0 Å². The van der Waals surface area contributed by atoms with Gasteiger partial charge in [0.1, 0.15) is 0 Å². The molecule has 0 saturated heterocycles. The minimum Gasteiger partial charge on any atom is -0.305 e. The van der Waals surface area contributed by atoms with E-state index in [1.165, 1.54) is 10.6 Å². The molecular weight excluding hydrogens is 392 g/mol. The van der Waals surface area contributed by atoms with Gasteiger partial charge < -0.3 is 4.98 Å². The van der Waals surface area contributed by atoms with E-state index in [1.807, 2.05) is 29.6 Å². The minimum absolute atomic E-state index is 0.140. The van der Waals surface area contributed by atoms with E-state index in [9.17, 15) is 9.59 Å². The first-order valence-electron chi connectivity index (χ1n) is 8.54. The molecule has 2 aromatic heterocycles. The Morgan fingerprint density at radius 2 is 1.89 bits per heavy atom. The number of hydrogen-bond donors (Lipinski definition) is 1. The first-order chi connectivity index (χ1) is 13.6. The van der Waals surface area contributed by atoms with Crippen molar-refractivity contribution in [2.75, 3.05) is 0 Å². The van der Waals surface area contributed by atoms with Gasteiger partial charge in [0, 0.05) is 16.8 Å². The molecule has 0 aliphatic heterocycles. The summed E-state index contributed by atoms with van der Waals surface area (Å²) in [5, 5.41) is 2.60. The number of nitrogens with one attached hydrogen (secondary N) is 1. The number of H-pyrrole nitrogens is 1. The smallest absolute Gasteiger partial charge is 0.305 e. The van der Waals surface area contributed by atoms with E-state index in [0.717, 1.165) is 16.1 Å². The van der Waals surface area contributed by atoms with Crippen LogP contribution in [0.1, 0.15) is 15.9 Å². The zero-order valence-corrected chi connectivity index (χ0v) is 16.2. The van der Waals surface area contributed by atoms with Gasteiger partial charge in [0.2, 0.25) is 0 Å². The molecule has 6 heteroatoms. The average Bonchev–Trinajstić information content (AvgIpc) is 3.37. The standard InChI is InChI=1S/C22H15ClN2O2S/c23-17-9-6-15(7-10-17)8-11-20(26)16-3-1-4-18(13-16)25-14-19(24-22(25)27)21-5-2-12-28-21/h1-14H,(H,24,27). The number of ketones is 1. The number of aromatic amines is 1. The van der Waals surface area contributed by atoms with Crippen LogP contribution in [0.15, 0.2) is 83.1 Å². The minimum atomic E-state index is -0.246. The molecule has 0 saturated carbocycles. The summed E-state index contributed by atoms with van der Waals surface area (Å²) in [6.07, 6.45) is 5.00. The number of benzene rings is 2. The van der Waals surface area contributed by atoms with Crippen LogP contribution >= 0.6 is 22.9 Å². The number of allylic oxidation sites excluding steroid dienone is 1. The Labute approximate surface area is 170 Å². The lowest BCUT2D eigenvalue weighted by Crippen LogP contribution is -2.14. The van der Waals surface area contributed by atoms with Crippen LogP contribution in [0.3, 0.4) is 0 Å². The predicted molar refractivity (Wildman–Crippen MR) is 115 cm³/mol. The Bertz CT molecular complexity index is 1200. The highest BCUT2D eigenvalue weighted by Gasteiger charge is 2.10. The number of carbonyl (C=O) groups excluding carboxylic acids is 1. The second kappa shape index (κ2) is 7.84. The van der Waals surface area contributed by atoms with Gasteiger partial charge in [-0.3, -0.25) is 9.36 Å². The van der Waals surface area contributed by atoms with Crippen molar-refractivity contribution in [1.82, 2.24) is 9.55 Å². The SMILES string of the molecule is O=C(C=Cc1ccc(Cl)cc1)c1cccc(-n2cc(-c3cccs3)[nH]c2=O)c1. The van der Waals surface area contributed by atoms with E-state index in [1.54, 1.807) is 60.0 Å². The second-order valence-corrected chi connectivity index (χ2v) is 7.50. The van der Waals surface area contributed by atoms with Crippen LogP contribution in [-0.4, -0.2) is 15.3 Å². The van der Waals surface area contributed by atoms with Crippen LogP contribution in [-0.2, 0) is 0 Å². The summed E-state index contributed by atoms with van der Waals surface area (Å²) in [6.45, 7) is 0. The molecule has 0 spiro atoms. The van der Waals surface area contributed by atoms with Crippen molar-refractivity contribution in [3.05, 3.63) is 105 Å². The second-order valence-electron chi connectivity index (χ2n) is 6.12. The Balaban J connectivity index is 1.60. The summed E-state index contributed by atoms with van der Waals surface area (Å²) in [7, 11) is 0. The van der Waals surface area contributed by atoms with Crippen LogP contribution in [0, 0.1) is 0 Å². The summed E-state index contributed by atoms with van der Waals surface area (Å²) in [5.41, 5.74) is 2.53. The maximum Gasteiger partial charge on any atom is 0.330 e. The topological polar surface area (TPSA) is 54.9 Å². The van der Waals surface area contributed by atoms with E-state index >= 15 is 0 Å². The lowest BCUT2D eigenvalue weighted by molar-refractivity contribution is 0.104. The highest BCUT2D eigenvalue weighted by atomic mass is 35.5. The van der Waals surface area contributed by atoms with Gasteiger partial charge in [-0.2, -0.15) is 0 Å². The van der Waals surface area contributed by atoms with Crippen LogP contribution in [0.4, 0.5) is 0 Å². The monoisotopic (exact) mass is 406 g/mol. The molecule has 0 bridgehead atoms. The first-order valence-corrected chi connectivity index (χ1v) is 9.80. The van der Waals surface area contributed by atoms with Gasteiger partial charge in [0.25, 0.3) is 0 Å². The quantitative estimate of drug-likeness (QED) is 0.354. The molecular formula is C22H15ClN2O2S. The van der Waals surface area contributed by atoms with Gasteiger partial charge in [-0.25, -0.2) is 4.79 Å². The molecule has 138 valence electrons. The van der Waals surface area contributed by atoms with Crippen molar-refractivity contribution in [3.8, 4) is 16.3 Å². The van der Waals surface area contributed by atoms with Crippen molar-refractivity contribution in [1.29, 1.82) is 0 Å². The zero-order chi connectivity index (χ0) is 19.5. The Kier molecular flexibility index (Phi) is 5.10. The fourth-order valence-corrected chi connectivity index (χ4v) is 3.61. The molecule has 4 rings (SSSR count). The summed E-state index contributed by atoms with van der Waals surface area (Å²) in [6, 6.07) is 18.1. The Hall–Kier alpha value is -3.15. The van der Waals surface area contributed by atoms with Crippen molar-refractivity contribution < 1.29 is 4.79 Å². The van der Waals surface area contributed by atoms with E-state index < -0.39 is 0 Å². The van der Waals surface area contributed by atoms with Gasteiger partial charge in [-0.1, -0.05) is 48.0 Å². The van der Waals surface area contributed by atoms with Gasteiger partial charge in [-0.05, 0) is 47.4 Å². The van der Waals surface area contributed by atoms with Crippen LogP contribution in [0.2, 0.25) is 5.02 Å². The fraction of sp³-hybridized carbons (Fsp3) is 0. The van der Waals surface area contributed by atoms with Crippen molar-refractivity contribution in [3.63, 3.8) is 0 Å². The summed E-state index contributed by atoms with van der Waals surface area (Å²) < 4.78 is 1.51. The Morgan fingerprint density at radius 3 is 2.64 bits per heavy atom. The molecule has 1 N–H and O–H groups in total. The zero-order valence-electron chi connectivity index (χ0n) is 14.6. The van der Waals surface area contributed by atoms with E-state index in [0.29, 0.717) is 16.3 Å². The molecule has 0 unspecified atom stereocenters. The summed E-state index contributed by atoms with van der Waals surface area (Å²) in [5.74, 6) is -0.140. The van der Waals surface area contributed by atoms with Crippen LogP contribution in [0.25, 0.3) is 22.3 Å². The van der Waals surface area contributed by atoms with E-state index in [-0.39, 0.29) is 11.5 Å². The Morgan fingerprint density at radius 1 is 1.07 bits per heavy atom. The third-order valence-electron chi connectivity index (χ3n) is 4.21. The highest BCUT2D eigenvalue weighted by molar-refractivity contribution is 7.13. The maximum absolute atomic E-state index is 12.5. The number of hydrogen-bond acceptors (Lipinski definition) is 3. The molecule has 0 fully saturated rings. The van der Waals surface area contributed by atoms with Gasteiger partial charge >= 0.3 is 5.69 Å². The fourth-order valence-electron chi connectivity index (χ4n) is 2.80. The third-order valence-corrected chi connectivity index (χ3v) is 5.37. The molecule has 2 aromatic carbocycles. The van der Waals surface area contributed by atoms with Crippen LogP contribution in [0.5, 0.6) is 0 Å². The summed E-state index contributed by atoms with van der Waals surface area (Å²) >= 11 is 7.42. The van der Waals surface area contributed by atoms with Gasteiger partial charge in [0.05, 0.1) is 16.3 Å². The third kappa shape index (κ3) is 3.91. The molecule has 0 amide bonds. The van der Waals surface area contributed by atoms with Crippen LogP contribution < -0.4 is 5.69 Å². The van der Waals surface area contributed by atoms with Crippen molar-refractivity contribution in [2.24, 2.45) is 0 Å². The van der Waals surface area contributed by atoms with E-state index in [2.05, 4.69) is 4.98 Å². The number of halogens is 1. The number of nitrogens with zero attached hydrogens (tertiary/aromatic N) is 1. The van der Waals surface area contributed by atoms with Crippen molar-refractivity contribution >= 4 is 34.8 Å². The summed E-state index contributed by atoms with van der Waals surface area (Å²) in [4.78, 5) is 28.7. The predicted octanol–water partition coefficient (Wildman–Crippen LogP) is 5.44. The number of rotatable bonds is 5. The lowest BCUT2D eigenvalue weighted by atomic mass is 10.1. The normalized spacial score (nSPS) is 11.2. The lowest BCUT2D eigenvalue weighted by Gasteiger charge is -2.03. The molecule has 4 aromatic rings. The highest BCUT2D eigenvalue weighted by Crippen LogP contribution is 2.22. The van der Waals surface area contributed by atoms with Gasteiger partial charge in [0.15, 0.2) is 5.78 Å². The maximum atomic E-state index is 12.5. The average molecular weight is 407 g/mol. The number of carbonyl (C=O) groups is 1. The molecule has 0 aliphatic rings. The number of aromatic nitrogens is 2. The number of thiophene rings is 1. The molecule has 0 radical (unpaired) electrons. The molecule has 0 atom stereocenters. The molecule has 28 heavy (non-hydrogen) atoms. The molecule has 0 aliphatic carbocycles. The number of imidazole rings is 1. The molecule has 2 heterocycles. The largest absolute Gasteiger partial charge is 0.330 e. The molecule has 4 nitrogen and oxygen atoms in total. The van der Waals surface area contributed by atoms with E-state index in [4.69, 9.17) is 11.6 Å².